The number of aldehydes is 1. The molecule has 1 rings (SSSR count). The van der Waals surface area contributed by atoms with Crippen LogP contribution in [-0.4, -0.2) is 12.7 Å². The molecule has 1 aliphatic rings. The Morgan fingerprint density at radius 3 is 2.69 bits per heavy atom. The van der Waals surface area contributed by atoms with E-state index < -0.39 is 11.8 Å². The summed E-state index contributed by atoms with van der Waals surface area (Å²) >= 11 is 0. The van der Waals surface area contributed by atoms with E-state index in [-0.39, 0.29) is 6.42 Å². The summed E-state index contributed by atoms with van der Waals surface area (Å²) in [5.41, 5.74) is -0.700. The molecule has 1 fully saturated rings. The van der Waals surface area contributed by atoms with Crippen LogP contribution < -0.4 is 0 Å². The molecule has 0 spiro atoms. The van der Waals surface area contributed by atoms with Gasteiger partial charge in [-0.3, -0.25) is 0 Å². The predicted octanol–water partition coefficient (Wildman–Crippen LogP) is 3.04. The summed E-state index contributed by atoms with van der Waals surface area (Å²) in [7, 11) is 0. The Balaban J connectivity index is 2.57. The van der Waals surface area contributed by atoms with Crippen molar-refractivity contribution in [3.8, 4) is 0 Å². The molecule has 0 amide bonds. The molecule has 0 N–H and O–H groups in total. The normalized spacial score (nSPS) is 34.0. The van der Waals surface area contributed by atoms with Crippen LogP contribution in [0, 0.1) is 11.3 Å². The number of rotatable bonds is 4. The van der Waals surface area contributed by atoms with E-state index in [2.05, 4.69) is 0 Å². The van der Waals surface area contributed by atoms with Gasteiger partial charge in [-0.25, -0.2) is 8.78 Å². The Kier molecular flexibility index (Phi) is 3.40. The lowest BCUT2D eigenvalue weighted by Crippen LogP contribution is -2.22. The zero-order valence-electron chi connectivity index (χ0n) is 7.93. The predicted molar refractivity (Wildman–Crippen MR) is 46.8 cm³/mol. The second kappa shape index (κ2) is 4.16. The fraction of sp³-hybridized carbons (Fsp3) is 0.900. The zero-order valence-corrected chi connectivity index (χ0v) is 7.93. The van der Waals surface area contributed by atoms with Crippen LogP contribution in [0.2, 0.25) is 0 Å². The minimum atomic E-state index is -2.35. The molecule has 0 heterocycles. The van der Waals surface area contributed by atoms with Gasteiger partial charge in [-0.15, -0.1) is 0 Å². The topological polar surface area (TPSA) is 17.1 Å². The first-order chi connectivity index (χ1) is 6.12. The van der Waals surface area contributed by atoms with Gasteiger partial charge in [0.15, 0.2) is 0 Å². The van der Waals surface area contributed by atoms with Gasteiger partial charge >= 0.3 is 0 Å². The van der Waals surface area contributed by atoms with Gasteiger partial charge in [0.2, 0.25) is 6.43 Å². The average Bonchev–Trinajstić information content (AvgIpc) is 2.48. The first-order valence-electron chi connectivity index (χ1n) is 4.86. The number of carbonyl (C=O) groups is 1. The number of hydrogen-bond acceptors (Lipinski definition) is 1. The molecule has 0 aliphatic heterocycles. The Hall–Kier alpha value is -0.470. The molecule has 0 aromatic heterocycles. The van der Waals surface area contributed by atoms with Crippen molar-refractivity contribution in [3.63, 3.8) is 0 Å². The molecule has 1 nitrogen and oxygen atoms in total. The molecule has 76 valence electrons. The van der Waals surface area contributed by atoms with Crippen molar-refractivity contribution < 1.29 is 13.6 Å². The highest BCUT2D eigenvalue weighted by Crippen LogP contribution is 2.45. The number of hydrogen-bond donors (Lipinski definition) is 0. The largest absolute Gasteiger partial charge is 0.303 e. The molecule has 2 atom stereocenters. The van der Waals surface area contributed by atoms with Gasteiger partial charge in [0, 0.05) is 11.8 Å². The van der Waals surface area contributed by atoms with E-state index in [0.29, 0.717) is 18.8 Å². The SMILES string of the molecule is CCC1CCC(C=O)(CC(F)F)C1. The third-order valence-corrected chi connectivity index (χ3v) is 3.13. The summed E-state index contributed by atoms with van der Waals surface area (Å²) in [6.07, 6.45) is 1.42. The van der Waals surface area contributed by atoms with E-state index in [1.54, 1.807) is 0 Å². The smallest absolute Gasteiger partial charge is 0.239 e. The van der Waals surface area contributed by atoms with Crippen LogP contribution in [0.4, 0.5) is 8.78 Å². The summed E-state index contributed by atoms with van der Waals surface area (Å²) in [6, 6.07) is 0. The van der Waals surface area contributed by atoms with E-state index in [1.165, 1.54) is 0 Å². The average molecular weight is 190 g/mol. The van der Waals surface area contributed by atoms with E-state index in [0.717, 1.165) is 19.1 Å². The van der Waals surface area contributed by atoms with Crippen molar-refractivity contribution >= 4 is 6.29 Å². The lowest BCUT2D eigenvalue weighted by atomic mass is 9.83. The third kappa shape index (κ3) is 2.48. The maximum atomic E-state index is 12.2. The Morgan fingerprint density at radius 1 is 1.62 bits per heavy atom. The van der Waals surface area contributed by atoms with E-state index >= 15 is 0 Å². The van der Waals surface area contributed by atoms with Gasteiger partial charge in [-0.1, -0.05) is 13.3 Å². The molecule has 0 aromatic rings. The summed E-state index contributed by atoms with van der Waals surface area (Å²) in [5.74, 6) is 0.476. The lowest BCUT2D eigenvalue weighted by molar-refractivity contribution is -0.118. The van der Waals surface area contributed by atoms with Crippen LogP contribution >= 0.6 is 0 Å². The van der Waals surface area contributed by atoms with E-state index in [1.807, 2.05) is 6.92 Å². The quantitative estimate of drug-likeness (QED) is 0.623. The van der Waals surface area contributed by atoms with Crippen molar-refractivity contribution in [2.24, 2.45) is 11.3 Å². The molecular formula is C10H16F2O. The molecular weight excluding hydrogens is 174 g/mol. The van der Waals surface area contributed by atoms with Gasteiger partial charge in [0.05, 0.1) is 0 Å². The Bertz CT molecular complexity index is 182. The van der Waals surface area contributed by atoms with Crippen LogP contribution in [0.15, 0.2) is 0 Å². The second-order valence-corrected chi connectivity index (χ2v) is 4.09. The Labute approximate surface area is 77.5 Å². The van der Waals surface area contributed by atoms with Gasteiger partial charge in [0.25, 0.3) is 0 Å². The molecule has 3 heteroatoms. The monoisotopic (exact) mass is 190 g/mol. The van der Waals surface area contributed by atoms with Crippen LogP contribution in [0.1, 0.15) is 39.0 Å². The zero-order chi connectivity index (χ0) is 9.90. The minimum absolute atomic E-state index is 0.243. The molecule has 1 saturated carbocycles. The first kappa shape index (κ1) is 10.6. The Morgan fingerprint density at radius 2 is 2.31 bits per heavy atom. The maximum Gasteiger partial charge on any atom is 0.239 e. The molecule has 0 bridgehead atoms. The van der Waals surface area contributed by atoms with Crippen LogP contribution in [-0.2, 0) is 4.79 Å². The van der Waals surface area contributed by atoms with Crippen molar-refractivity contribution in [2.45, 2.75) is 45.5 Å². The van der Waals surface area contributed by atoms with Crippen molar-refractivity contribution in [1.29, 1.82) is 0 Å². The third-order valence-electron chi connectivity index (χ3n) is 3.13. The summed E-state index contributed by atoms with van der Waals surface area (Å²) in [6.45, 7) is 2.05. The maximum absolute atomic E-state index is 12.2. The van der Waals surface area contributed by atoms with Crippen LogP contribution in [0.25, 0.3) is 0 Å². The number of carbonyl (C=O) groups excluding carboxylic acids is 1. The molecule has 13 heavy (non-hydrogen) atoms. The highest BCUT2D eigenvalue weighted by molar-refractivity contribution is 5.60. The van der Waals surface area contributed by atoms with Gasteiger partial charge in [-0.05, 0) is 25.2 Å². The van der Waals surface area contributed by atoms with Crippen molar-refractivity contribution in [2.75, 3.05) is 0 Å². The summed E-state index contributed by atoms with van der Waals surface area (Å²) in [5, 5.41) is 0. The highest BCUT2D eigenvalue weighted by Gasteiger charge is 2.40. The number of alkyl halides is 2. The van der Waals surface area contributed by atoms with Crippen LogP contribution in [0.3, 0.4) is 0 Å². The summed E-state index contributed by atoms with van der Waals surface area (Å²) in [4.78, 5) is 10.8. The van der Waals surface area contributed by atoms with Gasteiger partial charge in [-0.2, -0.15) is 0 Å². The number of halogens is 2. The standard InChI is InChI=1S/C10H16F2O/c1-2-8-3-4-10(5-8,7-13)6-9(11)12/h7-9H,2-6H2,1H3. The molecule has 0 saturated heterocycles. The van der Waals surface area contributed by atoms with Crippen molar-refractivity contribution in [1.82, 2.24) is 0 Å². The van der Waals surface area contributed by atoms with E-state index in [9.17, 15) is 13.6 Å². The van der Waals surface area contributed by atoms with Crippen LogP contribution in [0.5, 0.6) is 0 Å². The second-order valence-electron chi connectivity index (χ2n) is 4.09. The molecule has 0 aromatic carbocycles. The van der Waals surface area contributed by atoms with E-state index in [4.69, 9.17) is 0 Å². The highest BCUT2D eigenvalue weighted by atomic mass is 19.3. The van der Waals surface area contributed by atoms with Gasteiger partial charge < -0.3 is 4.79 Å². The van der Waals surface area contributed by atoms with Gasteiger partial charge in [0.1, 0.15) is 6.29 Å². The molecule has 0 radical (unpaired) electrons. The molecule has 1 aliphatic carbocycles. The lowest BCUT2D eigenvalue weighted by Gasteiger charge is -2.21. The fourth-order valence-corrected chi connectivity index (χ4v) is 2.27. The first-order valence-corrected chi connectivity index (χ1v) is 4.86. The minimum Gasteiger partial charge on any atom is -0.303 e. The van der Waals surface area contributed by atoms with Crippen molar-refractivity contribution in [3.05, 3.63) is 0 Å². The summed E-state index contributed by atoms with van der Waals surface area (Å²) < 4.78 is 24.4. The fourth-order valence-electron chi connectivity index (χ4n) is 2.27. The molecule has 2 unspecified atom stereocenters.